The highest BCUT2D eigenvalue weighted by Crippen LogP contribution is 2.49. The van der Waals surface area contributed by atoms with E-state index in [2.05, 4.69) is 10.2 Å². The summed E-state index contributed by atoms with van der Waals surface area (Å²) < 4.78 is 56.5. The molecule has 4 aromatic rings. The number of anilines is 2. The van der Waals surface area contributed by atoms with E-state index in [1.807, 2.05) is 12.1 Å². The third-order valence-electron chi connectivity index (χ3n) is 5.46. The summed E-state index contributed by atoms with van der Waals surface area (Å²) in [5, 5.41) is 8.17. The molecule has 190 valence electrons. The Kier molecular flexibility index (Phi) is 6.78. The van der Waals surface area contributed by atoms with Gasteiger partial charge in [0.2, 0.25) is 11.8 Å². The van der Waals surface area contributed by atoms with Crippen LogP contribution in [0.4, 0.5) is 24.5 Å². The number of amides is 1. The monoisotopic (exact) mass is 545 g/mol. The lowest BCUT2D eigenvalue weighted by Crippen LogP contribution is -2.30. The van der Waals surface area contributed by atoms with Crippen LogP contribution in [0.5, 0.6) is 11.5 Å². The minimum absolute atomic E-state index is 0.137. The predicted molar refractivity (Wildman–Crippen MR) is 133 cm³/mol. The fourth-order valence-electron chi connectivity index (χ4n) is 3.74. The van der Waals surface area contributed by atoms with Gasteiger partial charge in [0.1, 0.15) is 0 Å². The van der Waals surface area contributed by atoms with Gasteiger partial charge in [-0.1, -0.05) is 35.7 Å². The molecule has 1 aromatic heterocycles. The Morgan fingerprint density at radius 2 is 1.73 bits per heavy atom. The molecule has 0 saturated carbocycles. The molecule has 37 heavy (non-hydrogen) atoms. The molecule has 2 heterocycles. The van der Waals surface area contributed by atoms with Crippen molar-refractivity contribution in [3.05, 3.63) is 66.2 Å². The average Bonchev–Trinajstić information content (AvgIpc) is 3.38. The number of nitrogens with zero attached hydrogens (tertiary/aromatic N) is 3. The molecule has 0 aliphatic carbocycles. The summed E-state index contributed by atoms with van der Waals surface area (Å²) in [4.78, 5) is 16.0. The number of para-hydroxylation sites is 1. The fraction of sp³-hybridized carbons (Fsp3) is 0.160. The van der Waals surface area contributed by atoms with Gasteiger partial charge in [-0.25, -0.2) is 0 Å². The van der Waals surface area contributed by atoms with E-state index in [0.29, 0.717) is 27.6 Å². The van der Waals surface area contributed by atoms with Crippen molar-refractivity contribution in [1.82, 2.24) is 10.2 Å². The van der Waals surface area contributed by atoms with Crippen LogP contribution < -0.4 is 14.4 Å². The van der Waals surface area contributed by atoms with E-state index in [1.165, 1.54) is 36.9 Å². The number of alkyl halides is 3. The van der Waals surface area contributed by atoms with Gasteiger partial charge >= 0.3 is 6.18 Å². The number of thioether (sulfide) groups is 1. The van der Waals surface area contributed by atoms with Crippen LogP contribution in [-0.2, 0) is 11.0 Å². The molecule has 0 radical (unpaired) electrons. The van der Waals surface area contributed by atoms with Gasteiger partial charge in [0, 0.05) is 15.4 Å². The molecule has 7 nitrogen and oxygen atoms in total. The fourth-order valence-corrected chi connectivity index (χ4v) is 5.39. The number of benzene rings is 3. The maximum atomic E-state index is 13.4. The van der Waals surface area contributed by atoms with Crippen LogP contribution in [-0.4, -0.2) is 36.1 Å². The van der Waals surface area contributed by atoms with Gasteiger partial charge in [-0.15, -0.1) is 10.2 Å². The van der Waals surface area contributed by atoms with Gasteiger partial charge in [-0.3, -0.25) is 9.69 Å². The van der Waals surface area contributed by atoms with Crippen LogP contribution >= 0.6 is 23.5 Å². The molecular weight excluding hydrogens is 527 g/mol. The maximum absolute atomic E-state index is 13.4. The first kappa shape index (κ1) is 25.0. The molecule has 0 unspecified atom stereocenters. The number of carbonyl (C=O) groups is 1. The molecule has 5 rings (SSSR count). The summed E-state index contributed by atoms with van der Waals surface area (Å²) in [7, 11) is 3.03. The van der Waals surface area contributed by atoms with Crippen molar-refractivity contribution < 1.29 is 31.9 Å². The lowest BCUT2D eigenvalue weighted by Gasteiger charge is -2.31. The Hall–Kier alpha value is -3.64. The zero-order valence-electron chi connectivity index (χ0n) is 19.4. The second kappa shape index (κ2) is 10.0. The van der Waals surface area contributed by atoms with Gasteiger partial charge in [-0.05, 0) is 48.5 Å². The van der Waals surface area contributed by atoms with Gasteiger partial charge in [0.15, 0.2) is 11.5 Å². The van der Waals surface area contributed by atoms with E-state index in [4.69, 9.17) is 13.9 Å². The van der Waals surface area contributed by atoms with Crippen LogP contribution in [0.15, 0.2) is 80.1 Å². The minimum Gasteiger partial charge on any atom is -0.493 e. The van der Waals surface area contributed by atoms with Crippen molar-refractivity contribution in [3.8, 4) is 23.0 Å². The van der Waals surface area contributed by atoms with Crippen LogP contribution in [0.3, 0.4) is 0 Å². The van der Waals surface area contributed by atoms with Crippen molar-refractivity contribution in [3.63, 3.8) is 0 Å². The SMILES string of the molecule is COc1ccc(-c2nnc(SCC(=O)N3c4ccccc4Sc4ccc(C(F)(F)F)cc43)o2)cc1OC. The zero-order chi connectivity index (χ0) is 26.2. The number of carbonyl (C=O) groups excluding carboxylic acids is 1. The van der Waals surface area contributed by atoms with Gasteiger partial charge in [0.05, 0.1) is 36.9 Å². The standard InChI is InChI=1S/C25H18F3N3O4S2/c1-33-18-9-7-14(11-19(18)34-2)23-29-30-24(35-23)36-13-22(32)31-16-5-3-4-6-20(16)37-21-10-8-15(12-17(21)31)25(26,27)28/h3-12H,13H2,1-2H3. The normalized spacial score (nSPS) is 12.6. The zero-order valence-corrected chi connectivity index (χ0v) is 21.0. The van der Waals surface area contributed by atoms with Gasteiger partial charge < -0.3 is 13.9 Å². The number of hydrogen-bond acceptors (Lipinski definition) is 8. The van der Waals surface area contributed by atoms with E-state index in [-0.39, 0.29) is 22.6 Å². The summed E-state index contributed by atoms with van der Waals surface area (Å²) in [5.41, 5.74) is 0.467. The first-order valence-corrected chi connectivity index (χ1v) is 12.6. The average molecular weight is 546 g/mol. The van der Waals surface area contributed by atoms with Crippen LogP contribution in [0.25, 0.3) is 11.5 Å². The smallest absolute Gasteiger partial charge is 0.416 e. The van der Waals surface area contributed by atoms with Crippen LogP contribution in [0.2, 0.25) is 0 Å². The van der Waals surface area contributed by atoms with E-state index < -0.39 is 17.6 Å². The molecule has 0 N–H and O–H groups in total. The lowest BCUT2D eigenvalue weighted by atomic mass is 10.1. The second-order valence-corrected chi connectivity index (χ2v) is 9.72. The van der Waals surface area contributed by atoms with Gasteiger partial charge in [-0.2, -0.15) is 13.2 Å². The Morgan fingerprint density at radius 3 is 2.49 bits per heavy atom. The number of fused-ring (bicyclic) bond motifs is 2. The molecule has 0 saturated heterocycles. The van der Waals surface area contributed by atoms with Crippen molar-refractivity contribution in [1.29, 1.82) is 0 Å². The van der Waals surface area contributed by atoms with Crippen LogP contribution in [0.1, 0.15) is 5.56 Å². The molecule has 0 atom stereocenters. The summed E-state index contributed by atoms with van der Waals surface area (Å²) in [6, 6.07) is 15.6. The first-order chi connectivity index (χ1) is 17.8. The summed E-state index contributed by atoms with van der Waals surface area (Å²) in [6.07, 6.45) is -4.54. The lowest BCUT2D eigenvalue weighted by molar-refractivity contribution is -0.137. The summed E-state index contributed by atoms with van der Waals surface area (Å²) >= 11 is 2.31. The second-order valence-electron chi connectivity index (χ2n) is 7.71. The number of halogens is 3. The molecule has 3 aromatic carbocycles. The minimum atomic E-state index is -4.54. The van der Waals surface area contributed by atoms with Crippen molar-refractivity contribution in [2.75, 3.05) is 24.9 Å². The van der Waals surface area contributed by atoms with Crippen LogP contribution in [0, 0.1) is 0 Å². The number of aromatic nitrogens is 2. The van der Waals surface area contributed by atoms with E-state index >= 15 is 0 Å². The first-order valence-electron chi connectivity index (χ1n) is 10.8. The molecule has 0 spiro atoms. The topological polar surface area (TPSA) is 77.7 Å². The van der Waals surface area contributed by atoms with E-state index in [9.17, 15) is 18.0 Å². The van der Waals surface area contributed by atoms with E-state index in [1.54, 1.807) is 30.3 Å². The molecular formula is C25H18F3N3O4S2. The largest absolute Gasteiger partial charge is 0.493 e. The van der Waals surface area contributed by atoms with Crippen molar-refractivity contribution >= 4 is 40.8 Å². The highest BCUT2D eigenvalue weighted by Gasteiger charge is 2.35. The third kappa shape index (κ3) is 4.98. The molecule has 1 aliphatic heterocycles. The Labute approximate surface area is 218 Å². The molecule has 1 amide bonds. The number of ether oxygens (including phenoxy) is 2. The Morgan fingerprint density at radius 1 is 0.973 bits per heavy atom. The quantitative estimate of drug-likeness (QED) is 0.248. The molecule has 12 heteroatoms. The molecule has 0 bridgehead atoms. The maximum Gasteiger partial charge on any atom is 0.416 e. The Balaban J connectivity index is 1.39. The third-order valence-corrected chi connectivity index (χ3v) is 7.39. The van der Waals surface area contributed by atoms with E-state index in [0.717, 1.165) is 28.8 Å². The van der Waals surface area contributed by atoms with Gasteiger partial charge in [0.25, 0.3) is 5.22 Å². The summed E-state index contributed by atoms with van der Waals surface area (Å²) in [6.45, 7) is 0. The molecule has 1 aliphatic rings. The Bertz CT molecular complexity index is 1480. The number of hydrogen-bond donors (Lipinski definition) is 0. The van der Waals surface area contributed by atoms with Crippen molar-refractivity contribution in [2.45, 2.75) is 21.2 Å². The highest BCUT2D eigenvalue weighted by atomic mass is 32.2. The highest BCUT2D eigenvalue weighted by molar-refractivity contribution is 8.00. The molecule has 0 fully saturated rings. The summed E-state index contributed by atoms with van der Waals surface area (Å²) in [5.74, 6) is 0.684. The number of rotatable bonds is 6. The predicted octanol–water partition coefficient (Wildman–Crippen LogP) is 6.69. The van der Waals surface area contributed by atoms with Crippen molar-refractivity contribution in [2.24, 2.45) is 0 Å². The number of methoxy groups -OCH3 is 2.